The van der Waals surface area contributed by atoms with Gasteiger partial charge in [-0.05, 0) is 43.7 Å². The zero-order chi connectivity index (χ0) is 19.1. The molecule has 1 aliphatic carbocycles. The molecule has 0 unspecified atom stereocenters. The van der Waals surface area contributed by atoms with Crippen LogP contribution in [-0.2, 0) is 9.53 Å². The van der Waals surface area contributed by atoms with E-state index >= 15 is 0 Å². The molecule has 3 aliphatic heterocycles. The molecular formula is C22H28N4O2. The lowest BCUT2D eigenvalue weighted by Crippen LogP contribution is -2.42. The Labute approximate surface area is 166 Å². The van der Waals surface area contributed by atoms with Crippen molar-refractivity contribution in [1.29, 1.82) is 5.26 Å². The number of hydrogen-bond acceptors (Lipinski definition) is 5. The maximum absolute atomic E-state index is 12.4. The number of hydrogen-bond donors (Lipinski definition) is 1. The van der Waals surface area contributed by atoms with Crippen molar-refractivity contribution >= 4 is 11.7 Å². The van der Waals surface area contributed by atoms with E-state index in [1.807, 2.05) is 12.1 Å². The Balaban J connectivity index is 1.26. The molecule has 4 aliphatic rings. The van der Waals surface area contributed by atoms with Crippen molar-refractivity contribution in [2.45, 2.75) is 56.7 Å². The van der Waals surface area contributed by atoms with Gasteiger partial charge in [-0.2, -0.15) is 5.26 Å². The number of nitrogens with one attached hydrogen (secondary N) is 1. The summed E-state index contributed by atoms with van der Waals surface area (Å²) in [5.74, 6) is 2.31. The maximum atomic E-state index is 12.4. The summed E-state index contributed by atoms with van der Waals surface area (Å²) < 4.78 is 6.48. The number of nitriles is 1. The lowest BCUT2D eigenvalue weighted by atomic mass is 9.73. The zero-order valence-corrected chi connectivity index (χ0v) is 16.3. The van der Waals surface area contributed by atoms with Crippen molar-refractivity contribution in [2.24, 2.45) is 17.8 Å². The predicted octanol–water partition coefficient (Wildman–Crippen LogP) is 2.63. The molecule has 28 heavy (non-hydrogen) atoms. The van der Waals surface area contributed by atoms with Crippen molar-refractivity contribution < 1.29 is 9.53 Å². The number of nitrogens with zero attached hydrogens (tertiary/aromatic N) is 3. The number of fused-ring (bicyclic) bond motifs is 1. The molecule has 1 saturated carbocycles. The summed E-state index contributed by atoms with van der Waals surface area (Å²) in [4.78, 5) is 19.1. The summed E-state index contributed by atoms with van der Waals surface area (Å²) in [7, 11) is 0. The van der Waals surface area contributed by atoms with Gasteiger partial charge < -0.3 is 15.0 Å². The van der Waals surface area contributed by atoms with Gasteiger partial charge in [0.25, 0.3) is 0 Å². The topological polar surface area (TPSA) is 78.3 Å². The zero-order valence-electron chi connectivity index (χ0n) is 16.3. The third kappa shape index (κ3) is 2.97. The van der Waals surface area contributed by atoms with Crippen LogP contribution in [0.1, 0.15) is 50.5 Å². The number of ether oxygens (including phenoxy) is 1. The van der Waals surface area contributed by atoms with Crippen molar-refractivity contribution in [1.82, 2.24) is 10.3 Å². The van der Waals surface area contributed by atoms with E-state index in [-0.39, 0.29) is 17.6 Å². The number of carbonyl (C=O) groups is 1. The van der Waals surface area contributed by atoms with Crippen LogP contribution in [0, 0.1) is 29.1 Å². The molecule has 1 N–H and O–H groups in total. The fourth-order valence-corrected chi connectivity index (χ4v) is 6.14. The fourth-order valence-electron chi connectivity index (χ4n) is 6.14. The summed E-state index contributed by atoms with van der Waals surface area (Å²) >= 11 is 0. The van der Waals surface area contributed by atoms with E-state index in [1.54, 1.807) is 6.20 Å². The first-order valence-corrected chi connectivity index (χ1v) is 10.7. The van der Waals surface area contributed by atoms with Crippen LogP contribution in [-0.4, -0.2) is 42.2 Å². The monoisotopic (exact) mass is 380 g/mol. The minimum Gasteiger partial charge on any atom is -0.369 e. The molecular weight excluding hydrogens is 352 g/mol. The molecule has 2 bridgehead atoms. The quantitative estimate of drug-likeness (QED) is 0.850. The first kappa shape index (κ1) is 17.9. The summed E-state index contributed by atoms with van der Waals surface area (Å²) in [6, 6.07) is 5.90. The first-order valence-electron chi connectivity index (χ1n) is 10.7. The van der Waals surface area contributed by atoms with Crippen LogP contribution >= 0.6 is 0 Å². The molecule has 5 rings (SSSR count). The summed E-state index contributed by atoms with van der Waals surface area (Å²) in [6.45, 7) is 2.36. The highest BCUT2D eigenvalue weighted by atomic mass is 16.5. The average Bonchev–Trinajstić information content (AvgIpc) is 3.47. The van der Waals surface area contributed by atoms with Crippen LogP contribution < -0.4 is 10.2 Å². The number of aromatic nitrogens is 1. The van der Waals surface area contributed by atoms with Gasteiger partial charge in [-0.25, -0.2) is 4.98 Å². The number of pyridine rings is 1. The van der Waals surface area contributed by atoms with E-state index < -0.39 is 0 Å². The number of rotatable bonds is 5. The maximum Gasteiger partial charge on any atom is 0.220 e. The van der Waals surface area contributed by atoms with Crippen LogP contribution in [0.15, 0.2) is 18.3 Å². The average molecular weight is 380 g/mol. The molecule has 1 amide bonds. The molecule has 6 heteroatoms. The molecule has 4 heterocycles. The largest absolute Gasteiger partial charge is 0.369 e. The van der Waals surface area contributed by atoms with Crippen LogP contribution in [0.25, 0.3) is 0 Å². The molecule has 1 aromatic rings. The van der Waals surface area contributed by atoms with Gasteiger partial charge in [-0.1, -0.05) is 12.8 Å². The van der Waals surface area contributed by atoms with E-state index in [1.165, 1.54) is 25.7 Å². The highest BCUT2D eigenvalue weighted by Crippen LogP contribution is 2.55. The second-order valence-corrected chi connectivity index (χ2v) is 9.06. The molecule has 3 saturated heterocycles. The van der Waals surface area contributed by atoms with E-state index in [0.29, 0.717) is 36.3 Å². The highest BCUT2D eigenvalue weighted by Gasteiger charge is 2.63. The highest BCUT2D eigenvalue weighted by molar-refractivity contribution is 5.76. The molecule has 4 fully saturated rings. The second kappa shape index (κ2) is 7.04. The fraction of sp³-hybridized carbons (Fsp3) is 0.682. The Morgan fingerprint density at radius 2 is 2.25 bits per heavy atom. The Morgan fingerprint density at radius 3 is 3.07 bits per heavy atom. The molecule has 1 aromatic heterocycles. The van der Waals surface area contributed by atoms with E-state index in [0.717, 1.165) is 31.7 Å². The van der Waals surface area contributed by atoms with Crippen molar-refractivity contribution in [3.63, 3.8) is 0 Å². The molecule has 4 atom stereocenters. The second-order valence-electron chi connectivity index (χ2n) is 9.06. The van der Waals surface area contributed by atoms with Crippen molar-refractivity contribution in [2.75, 3.05) is 24.5 Å². The van der Waals surface area contributed by atoms with Crippen LogP contribution in [0.4, 0.5) is 5.82 Å². The number of amides is 1. The Hall–Kier alpha value is -2.13. The summed E-state index contributed by atoms with van der Waals surface area (Å²) in [5, 5.41) is 12.6. The smallest absolute Gasteiger partial charge is 0.220 e. The standard InChI is InChI=1S/C22H28N4O2/c23-11-16-6-3-9-24-21(16)26-13-18-17(19-7-8-22(18,14-26)28-19)12-25-20(27)10-15-4-1-2-5-15/h3,6,9,15,17-19H,1-2,4-5,7-8,10,12-14H2,(H,25,27)/t17-,18+,19+,22+/m0/s1. The SMILES string of the molecule is N#Cc1cccnc1N1C[C@@H]2[C@H](CNC(=O)CC3CCCC3)[C@H]3CC[C@]2(C1)O3. The van der Waals surface area contributed by atoms with Gasteiger partial charge in [0.15, 0.2) is 0 Å². The van der Waals surface area contributed by atoms with Gasteiger partial charge in [0.05, 0.1) is 17.3 Å². The Morgan fingerprint density at radius 1 is 1.39 bits per heavy atom. The Kier molecular flexibility index (Phi) is 4.51. The number of anilines is 1. The van der Waals surface area contributed by atoms with Crippen molar-refractivity contribution in [3.05, 3.63) is 23.9 Å². The number of carbonyl (C=O) groups excluding carboxylic acids is 1. The Bertz CT molecular complexity index is 800. The van der Waals surface area contributed by atoms with Crippen LogP contribution in [0.3, 0.4) is 0 Å². The van der Waals surface area contributed by atoms with Gasteiger partial charge in [-0.15, -0.1) is 0 Å². The minimum atomic E-state index is -0.129. The third-order valence-electron chi connectivity index (χ3n) is 7.47. The molecule has 0 aromatic carbocycles. The van der Waals surface area contributed by atoms with Gasteiger partial charge in [0.2, 0.25) is 5.91 Å². The lowest BCUT2D eigenvalue weighted by Gasteiger charge is -2.29. The molecule has 0 radical (unpaired) electrons. The van der Waals surface area contributed by atoms with E-state index in [4.69, 9.17) is 4.74 Å². The van der Waals surface area contributed by atoms with Gasteiger partial charge in [0, 0.05) is 44.1 Å². The molecule has 148 valence electrons. The lowest BCUT2D eigenvalue weighted by molar-refractivity contribution is -0.122. The summed E-state index contributed by atoms with van der Waals surface area (Å²) in [5.41, 5.74) is 0.491. The molecule has 1 spiro atoms. The normalized spacial score (nSPS) is 33.8. The molecule has 6 nitrogen and oxygen atoms in total. The van der Waals surface area contributed by atoms with Gasteiger partial charge in [-0.3, -0.25) is 4.79 Å². The van der Waals surface area contributed by atoms with Gasteiger partial charge >= 0.3 is 0 Å². The van der Waals surface area contributed by atoms with E-state index in [2.05, 4.69) is 21.3 Å². The predicted molar refractivity (Wildman–Crippen MR) is 105 cm³/mol. The van der Waals surface area contributed by atoms with Gasteiger partial charge in [0.1, 0.15) is 11.9 Å². The first-order chi connectivity index (χ1) is 13.7. The van der Waals surface area contributed by atoms with Crippen LogP contribution in [0.5, 0.6) is 0 Å². The van der Waals surface area contributed by atoms with Crippen molar-refractivity contribution in [3.8, 4) is 6.07 Å². The van der Waals surface area contributed by atoms with Crippen LogP contribution in [0.2, 0.25) is 0 Å². The summed E-state index contributed by atoms with van der Waals surface area (Å²) in [6.07, 6.45) is 9.78. The third-order valence-corrected chi connectivity index (χ3v) is 7.47. The minimum absolute atomic E-state index is 0.129. The van der Waals surface area contributed by atoms with E-state index in [9.17, 15) is 10.1 Å².